The summed E-state index contributed by atoms with van der Waals surface area (Å²) in [6.07, 6.45) is 13.4. The van der Waals surface area contributed by atoms with Crippen LogP contribution in [0.1, 0.15) is 135 Å². The number of amides is 1. The predicted molar refractivity (Wildman–Crippen MR) is 183 cm³/mol. The Morgan fingerprint density at radius 2 is 1.23 bits per heavy atom. The zero-order valence-electron chi connectivity index (χ0n) is 28.8. The van der Waals surface area contributed by atoms with Gasteiger partial charge in [-0.3, -0.25) is 4.79 Å². The zero-order valence-corrected chi connectivity index (χ0v) is 28.8. The van der Waals surface area contributed by atoms with Gasteiger partial charge in [0.15, 0.2) is 11.5 Å². The number of nitrogens with one attached hydrogen (secondary N) is 1. The Bertz CT molecular complexity index is 1130. The van der Waals surface area contributed by atoms with E-state index in [1.165, 1.54) is 6.08 Å². The van der Waals surface area contributed by atoms with Crippen LogP contribution < -0.4 is 14.8 Å². The first-order valence-electron chi connectivity index (χ1n) is 16.7. The van der Waals surface area contributed by atoms with Crippen LogP contribution in [0.15, 0.2) is 30.3 Å². The Kier molecular flexibility index (Phi) is 15.1. The number of hydrogen-bond acceptors (Lipinski definition) is 5. The summed E-state index contributed by atoms with van der Waals surface area (Å²) in [5.41, 5.74) is 3.46. The first-order valence-corrected chi connectivity index (χ1v) is 16.7. The van der Waals surface area contributed by atoms with Crippen LogP contribution in [0.5, 0.6) is 23.0 Å². The maximum Gasteiger partial charge on any atom is 0.243 e. The number of aromatic hydroxyl groups is 2. The summed E-state index contributed by atoms with van der Waals surface area (Å²) in [7, 11) is 0. The van der Waals surface area contributed by atoms with Gasteiger partial charge in [0.2, 0.25) is 11.7 Å². The van der Waals surface area contributed by atoms with Crippen LogP contribution in [-0.2, 0) is 22.0 Å². The van der Waals surface area contributed by atoms with Crippen molar-refractivity contribution in [1.82, 2.24) is 5.32 Å². The third kappa shape index (κ3) is 12.5. The van der Waals surface area contributed by atoms with Crippen molar-refractivity contribution in [3.8, 4) is 23.0 Å². The molecule has 6 heteroatoms. The smallest absolute Gasteiger partial charge is 0.243 e. The van der Waals surface area contributed by atoms with Crippen LogP contribution in [-0.4, -0.2) is 35.9 Å². The molecular weight excluding hydrogens is 550 g/mol. The highest BCUT2D eigenvalue weighted by molar-refractivity contribution is 5.91. The van der Waals surface area contributed by atoms with E-state index >= 15 is 0 Å². The zero-order chi connectivity index (χ0) is 32.8. The lowest BCUT2D eigenvalue weighted by atomic mass is 9.78. The Hall–Kier alpha value is -3.15. The Balaban J connectivity index is 2.05. The van der Waals surface area contributed by atoms with Crippen LogP contribution in [0.4, 0.5) is 0 Å². The molecule has 0 fully saturated rings. The molecule has 0 saturated heterocycles. The van der Waals surface area contributed by atoms with Crippen molar-refractivity contribution >= 4 is 12.0 Å². The van der Waals surface area contributed by atoms with Gasteiger partial charge in [0.1, 0.15) is 5.75 Å². The molecule has 0 radical (unpaired) electrons. The molecule has 1 amide bonds. The first-order chi connectivity index (χ1) is 20.8. The van der Waals surface area contributed by atoms with Crippen LogP contribution in [0.2, 0.25) is 0 Å². The summed E-state index contributed by atoms with van der Waals surface area (Å²) in [5.74, 6) is 0.975. The Morgan fingerprint density at radius 3 is 1.68 bits per heavy atom. The van der Waals surface area contributed by atoms with Crippen molar-refractivity contribution in [2.75, 3.05) is 19.8 Å². The van der Waals surface area contributed by atoms with Crippen molar-refractivity contribution in [3.63, 3.8) is 0 Å². The predicted octanol–water partition coefficient (Wildman–Crippen LogP) is 9.37. The standard InChI is InChI=1S/C38H59NO5/c1-9-11-13-15-22-43-32-26-29(27-33(36(32)42)44-23-16-14-12-10-2)19-20-34(40)39-21-17-18-28-24-30(37(3,4)5)35(41)31(25-28)38(6,7)8/h19-20,24-27,41-42H,9-18,21-23H2,1-8H3,(H,39,40)/b20-19+. The molecule has 0 bridgehead atoms. The summed E-state index contributed by atoms with van der Waals surface area (Å²) in [5, 5.41) is 24.8. The van der Waals surface area contributed by atoms with E-state index < -0.39 is 0 Å². The molecule has 3 N–H and O–H groups in total. The van der Waals surface area contributed by atoms with Gasteiger partial charge in [-0.15, -0.1) is 0 Å². The molecule has 0 spiro atoms. The van der Waals surface area contributed by atoms with Crippen molar-refractivity contribution in [2.45, 2.75) is 130 Å². The minimum atomic E-state index is -0.182. The van der Waals surface area contributed by atoms with Gasteiger partial charge in [-0.05, 0) is 77.0 Å². The number of unbranched alkanes of at least 4 members (excludes halogenated alkanes) is 6. The Labute approximate surface area is 267 Å². The number of carbonyl (C=O) groups excluding carboxylic acids is 1. The number of benzene rings is 2. The van der Waals surface area contributed by atoms with Gasteiger partial charge in [0, 0.05) is 12.6 Å². The lowest BCUT2D eigenvalue weighted by molar-refractivity contribution is -0.116. The molecule has 2 rings (SSSR count). The third-order valence-electron chi connectivity index (χ3n) is 7.73. The van der Waals surface area contributed by atoms with Gasteiger partial charge < -0.3 is 25.0 Å². The van der Waals surface area contributed by atoms with Gasteiger partial charge in [0.25, 0.3) is 0 Å². The van der Waals surface area contributed by atoms with E-state index in [4.69, 9.17) is 9.47 Å². The Morgan fingerprint density at radius 1 is 0.727 bits per heavy atom. The summed E-state index contributed by atoms with van der Waals surface area (Å²) in [4.78, 5) is 12.7. The first kappa shape index (κ1) is 37.0. The highest BCUT2D eigenvalue weighted by Crippen LogP contribution is 2.40. The number of hydrogen-bond donors (Lipinski definition) is 3. The highest BCUT2D eigenvalue weighted by Gasteiger charge is 2.26. The number of rotatable bonds is 18. The second-order valence-electron chi connectivity index (χ2n) is 14.0. The van der Waals surface area contributed by atoms with Crippen molar-refractivity contribution in [1.29, 1.82) is 0 Å². The van der Waals surface area contributed by atoms with E-state index in [0.29, 0.717) is 37.0 Å². The summed E-state index contributed by atoms with van der Waals surface area (Å²) < 4.78 is 11.8. The molecule has 0 aromatic heterocycles. The van der Waals surface area contributed by atoms with Gasteiger partial charge in [-0.1, -0.05) is 106 Å². The van der Waals surface area contributed by atoms with Crippen LogP contribution in [0.3, 0.4) is 0 Å². The molecule has 0 aliphatic heterocycles. The largest absolute Gasteiger partial charge is 0.507 e. The summed E-state index contributed by atoms with van der Waals surface area (Å²) in [6, 6.07) is 7.72. The molecule has 2 aromatic rings. The summed E-state index contributed by atoms with van der Waals surface area (Å²) in [6.45, 7) is 18.6. The maximum absolute atomic E-state index is 12.7. The van der Waals surface area contributed by atoms with E-state index in [2.05, 4.69) is 72.8 Å². The second-order valence-corrected chi connectivity index (χ2v) is 14.0. The van der Waals surface area contributed by atoms with E-state index in [1.54, 1.807) is 18.2 Å². The molecule has 0 atom stereocenters. The van der Waals surface area contributed by atoms with Crippen molar-refractivity contribution in [2.24, 2.45) is 0 Å². The molecule has 0 unspecified atom stereocenters. The van der Waals surface area contributed by atoms with Gasteiger partial charge in [-0.2, -0.15) is 0 Å². The van der Waals surface area contributed by atoms with Gasteiger partial charge in [0.05, 0.1) is 13.2 Å². The average molecular weight is 610 g/mol. The topological polar surface area (TPSA) is 88.0 Å². The third-order valence-corrected chi connectivity index (χ3v) is 7.73. The molecule has 0 aliphatic carbocycles. The minimum Gasteiger partial charge on any atom is -0.507 e. The lowest BCUT2D eigenvalue weighted by Crippen LogP contribution is -2.22. The number of phenols is 2. The normalized spacial score (nSPS) is 12.1. The molecule has 44 heavy (non-hydrogen) atoms. The highest BCUT2D eigenvalue weighted by atomic mass is 16.5. The minimum absolute atomic E-state index is 0.0102. The van der Waals surface area contributed by atoms with Crippen LogP contribution in [0, 0.1) is 0 Å². The lowest BCUT2D eigenvalue weighted by Gasteiger charge is -2.28. The van der Waals surface area contributed by atoms with Crippen LogP contribution in [0.25, 0.3) is 6.08 Å². The molecular formula is C38H59NO5. The fraction of sp³-hybridized carbons (Fsp3) is 0.605. The van der Waals surface area contributed by atoms with E-state index in [9.17, 15) is 15.0 Å². The monoisotopic (exact) mass is 609 g/mol. The van der Waals surface area contributed by atoms with Gasteiger partial charge in [-0.25, -0.2) is 0 Å². The average Bonchev–Trinajstić information content (AvgIpc) is 2.95. The molecule has 0 heterocycles. The molecule has 0 aliphatic rings. The van der Waals surface area contributed by atoms with E-state index in [0.717, 1.165) is 86.5 Å². The van der Waals surface area contributed by atoms with Crippen molar-refractivity contribution < 1.29 is 24.5 Å². The summed E-state index contributed by atoms with van der Waals surface area (Å²) >= 11 is 0. The van der Waals surface area contributed by atoms with Crippen LogP contribution >= 0.6 is 0 Å². The molecule has 2 aromatic carbocycles. The number of phenolic OH excluding ortho intramolecular Hbond substituents is 2. The fourth-order valence-corrected chi connectivity index (χ4v) is 5.06. The van der Waals surface area contributed by atoms with E-state index in [1.807, 2.05) is 0 Å². The fourth-order valence-electron chi connectivity index (χ4n) is 5.06. The number of carbonyl (C=O) groups is 1. The van der Waals surface area contributed by atoms with Crippen molar-refractivity contribution in [3.05, 3.63) is 52.6 Å². The SMILES string of the molecule is CCCCCCOc1cc(/C=C/C(=O)NCCCc2cc(C(C)(C)C)c(O)c(C(C)(C)C)c2)cc(OCCCCCC)c1O. The van der Waals surface area contributed by atoms with E-state index in [-0.39, 0.29) is 22.5 Å². The quantitative estimate of drug-likeness (QED) is 0.116. The van der Waals surface area contributed by atoms with Gasteiger partial charge >= 0.3 is 0 Å². The number of ether oxygens (including phenoxy) is 2. The number of aryl methyl sites for hydroxylation is 1. The maximum atomic E-state index is 12.7. The second kappa shape index (κ2) is 18.0. The molecule has 6 nitrogen and oxygen atoms in total. The molecule has 0 saturated carbocycles. The molecule has 246 valence electrons.